The van der Waals surface area contributed by atoms with Crippen LogP contribution >= 0.6 is 0 Å². The number of nitrogens with one attached hydrogen (secondary N) is 2. The minimum atomic E-state index is -0.392. The van der Waals surface area contributed by atoms with Gasteiger partial charge in [0.1, 0.15) is 11.5 Å². The molecule has 31 heavy (non-hydrogen) atoms. The lowest BCUT2D eigenvalue weighted by molar-refractivity contribution is 0.118. The van der Waals surface area contributed by atoms with Crippen LogP contribution in [-0.2, 0) is 10.8 Å². The Bertz CT molecular complexity index is 816. The number of hydrogen-bond donors (Lipinski definition) is 4. The van der Waals surface area contributed by atoms with Gasteiger partial charge in [-0.2, -0.15) is 10.3 Å². The molecule has 0 radical (unpaired) electrons. The number of aromatic nitrogens is 2. The standard InChI is InChI=1S/C23H38N2O6/c1-22(2,18-14-20(28)24-30-18)12-6-10-16(26)8-5-9-17(27)11-7-13-23(3,4)19-15-21(29)25-31-19/h14-17,26-27H,5-13H2,1-4H3,(H,24,28)(H,25,29). The lowest BCUT2D eigenvalue weighted by atomic mass is 9.84. The van der Waals surface area contributed by atoms with E-state index in [-0.39, 0.29) is 21.9 Å². The van der Waals surface area contributed by atoms with E-state index in [2.05, 4.69) is 10.3 Å². The largest absolute Gasteiger partial charge is 0.393 e. The van der Waals surface area contributed by atoms with Crippen molar-refractivity contribution in [1.82, 2.24) is 10.3 Å². The van der Waals surface area contributed by atoms with Crippen molar-refractivity contribution in [1.29, 1.82) is 0 Å². The summed E-state index contributed by atoms with van der Waals surface area (Å²) in [7, 11) is 0. The quantitative estimate of drug-likeness (QED) is 0.355. The van der Waals surface area contributed by atoms with Crippen molar-refractivity contribution in [2.75, 3.05) is 0 Å². The highest BCUT2D eigenvalue weighted by molar-refractivity contribution is 5.08. The van der Waals surface area contributed by atoms with E-state index in [1.54, 1.807) is 0 Å². The van der Waals surface area contributed by atoms with E-state index < -0.39 is 12.2 Å². The Morgan fingerprint density at radius 2 is 1.10 bits per heavy atom. The number of aliphatic hydroxyl groups is 2. The van der Waals surface area contributed by atoms with Gasteiger partial charge in [0.05, 0.1) is 12.2 Å². The van der Waals surface area contributed by atoms with E-state index in [0.717, 1.165) is 32.1 Å². The van der Waals surface area contributed by atoms with Crippen molar-refractivity contribution >= 4 is 0 Å². The number of H-pyrrole nitrogens is 2. The van der Waals surface area contributed by atoms with Gasteiger partial charge in [0.15, 0.2) is 0 Å². The fourth-order valence-electron chi connectivity index (χ4n) is 3.92. The SMILES string of the molecule is CC(C)(CCCC(O)CCCC(O)CCCC(C)(C)c1cc(=O)[nH]o1)c1cc(=O)[nH]o1. The average Bonchev–Trinajstić information content (AvgIpc) is 3.30. The number of aliphatic hydroxyl groups excluding tert-OH is 2. The molecule has 0 aliphatic heterocycles. The van der Waals surface area contributed by atoms with Gasteiger partial charge in [-0.05, 0) is 57.8 Å². The molecule has 0 saturated carbocycles. The summed E-state index contributed by atoms with van der Waals surface area (Å²) in [6.45, 7) is 8.08. The molecule has 8 heteroatoms. The summed E-state index contributed by atoms with van der Waals surface area (Å²) in [6, 6.07) is 2.96. The molecule has 4 N–H and O–H groups in total. The zero-order valence-electron chi connectivity index (χ0n) is 19.2. The predicted octanol–water partition coefficient (Wildman–Crippen LogP) is 3.74. The van der Waals surface area contributed by atoms with E-state index in [0.29, 0.717) is 37.2 Å². The van der Waals surface area contributed by atoms with Gasteiger partial charge in [-0.25, -0.2) is 0 Å². The number of rotatable bonds is 14. The molecule has 2 aromatic rings. The smallest absolute Gasteiger partial charge is 0.280 e. The summed E-state index contributed by atoms with van der Waals surface area (Å²) in [5, 5.41) is 25.1. The van der Waals surface area contributed by atoms with Crippen LogP contribution in [0.25, 0.3) is 0 Å². The van der Waals surface area contributed by atoms with E-state index in [1.165, 1.54) is 12.1 Å². The van der Waals surface area contributed by atoms with Crippen LogP contribution in [-0.4, -0.2) is 32.7 Å². The molecule has 2 unspecified atom stereocenters. The van der Waals surface area contributed by atoms with Gasteiger partial charge in [-0.1, -0.05) is 27.7 Å². The lowest BCUT2D eigenvalue weighted by Crippen LogP contribution is -2.18. The lowest BCUT2D eigenvalue weighted by Gasteiger charge is -2.22. The number of aromatic amines is 2. The van der Waals surface area contributed by atoms with Crippen LogP contribution in [0.3, 0.4) is 0 Å². The first kappa shape index (κ1) is 25.2. The highest BCUT2D eigenvalue weighted by Crippen LogP contribution is 2.29. The van der Waals surface area contributed by atoms with Gasteiger partial charge in [0.2, 0.25) is 0 Å². The second-order valence-corrected chi connectivity index (χ2v) is 9.94. The van der Waals surface area contributed by atoms with E-state index in [4.69, 9.17) is 9.05 Å². The molecule has 0 fully saturated rings. The molecule has 2 aromatic heterocycles. The first-order valence-electron chi connectivity index (χ1n) is 11.2. The zero-order valence-corrected chi connectivity index (χ0v) is 19.2. The Balaban J connectivity index is 1.58. The maximum absolute atomic E-state index is 11.2. The molecule has 2 rings (SSSR count). The van der Waals surface area contributed by atoms with Crippen LogP contribution in [0.4, 0.5) is 0 Å². The molecule has 2 heterocycles. The second kappa shape index (κ2) is 11.0. The highest BCUT2D eigenvalue weighted by Gasteiger charge is 2.26. The van der Waals surface area contributed by atoms with Crippen molar-refractivity contribution in [3.8, 4) is 0 Å². The molecule has 0 aliphatic rings. The Morgan fingerprint density at radius 1 is 0.742 bits per heavy atom. The van der Waals surface area contributed by atoms with Crippen LogP contribution in [0.5, 0.6) is 0 Å². The molecular formula is C23H38N2O6. The Morgan fingerprint density at radius 3 is 1.42 bits per heavy atom. The Kier molecular flexibility index (Phi) is 8.94. The molecule has 2 atom stereocenters. The fourth-order valence-corrected chi connectivity index (χ4v) is 3.92. The monoisotopic (exact) mass is 438 g/mol. The summed E-state index contributed by atoms with van der Waals surface area (Å²) in [5.41, 5.74) is -0.986. The van der Waals surface area contributed by atoms with Crippen molar-refractivity contribution in [2.45, 2.75) is 109 Å². The van der Waals surface area contributed by atoms with Gasteiger partial charge in [-0.15, -0.1) is 0 Å². The van der Waals surface area contributed by atoms with Crippen LogP contribution < -0.4 is 11.1 Å². The van der Waals surface area contributed by atoms with E-state index in [1.807, 2.05) is 27.7 Å². The summed E-state index contributed by atoms with van der Waals surface area (Å²) in [5.74, 6) is 1.27. The minimum Gasteiger partial charge on any atom is -0.393 e. The van der Waals surface area contributed by atoms with Crippen LogP contribution in [0, 0.1) is 0 Å². The van der Waals surface area contributed by atoms with Gasteiger partial charge in [0, 0.05) is 23.0 Å². The van der Waals surface area contributed by atoms with Crippen LogP contribution in [0.15, 0.2) is 30.8 Å². The first-order chi connectivity index (χ1) is 14.5. The summed E-state index contributed by atoms with van der Waals surface area (Å²) < 4.78 is 10.4. The highest BCUT2D eigenvalue weighted by atomic mass is 16.5. The molecule has 0 spiro atoms. The van der Waals surface area contributed by atoms with Crippen molar-refractivity contribution in [3.05, 3.63) is 44.4 Å². The van der Waals surface area contributed by atoms with Crippen molar-refractivity contribution in [2.24, 2.45) is 0 Å². The molecule has 8 nitrogen and oxygen atoms in total. The third kappa shape index (κ3) is 8.18. The molecule has 0 bridgehead atoms. The third-order valence-corrected chi connectivity index (χ3v) is 6.13. The maximum atomic E-state index is 11.2. The summed E-state index contributed by atoms with van der Waals surface area (Å²) >= 11 is 0. The molecule has 0 aromatic carbocycles. The van der Waals surface area contributed by atoms with Crippen molar-refractivity contribution in [3.63, 3.8) is 0 Å². The molecular weight excluding hydrogens is 400 g/mol. The zero-order chi connectivity index (χ0) is 23.1. The minimum absolute atomic E-state index is 0.235. The normalized spacial score (nSPS) is 14.6. The van der Waals surface area contributed by atoms with Crippen molar-refractivity contribution < 1.29 is 19.3 Å². The summed E-state index contributed by atoms with van der Waals surface area (Å²) in [4.78, 5) is 22.5. The fraction of sp³-hybridized carbons (Fsp3) is 0.739. The molecule has 0 aliphatic carbocycles. The first-order valence-corrected chi connectivity index (χ1v) is 11.2. The van der Waals surface area contributed by atoms with Gasteiger partial charge in [-0.3, -0.25) is 9.59 Å². The topological polar surface area (TPSA) is 132 Å². The Labute approximate surface area is 183 Å². The van der Waals surface area contributed by atoms with E-state index >= 15 is 0 Å². The Hall–Kier alpha value is -2.06. The predicted molar refractivity (Wildman–Crippen MR) is 118 cm³/mol. The molecule has 176 valence electrons. The average molecular weight is 439 g/mol. The molecule has 0 saturated heterocycles. The van der Waals surface area contributed by atoms with Crippen LogP contribution in [0.1, 0.15) is 97.0 Å². The van der Waals surface area contributed by atoms with Gasteiger partial charge in [0.25, 0.3) is 11.1 Å². The summed E-state index contributed by atoms with van der Waals surface area (Å²) in [6.07, 6.45) is 5.96. The van der Waals surface area contributed by atoms with Crippen LogP contribution in [0.2, 0.25) is 0 Å². The second-order valence-electron chi connectivity index (χ2n) is 9.94. The van der Waals surface area contributed by atoms with Gasteiger partial charge >= 0.3 is 0 Å². The van der Waals surface area contributed by atoms with Gasteiger partial charge < -0.3 is 19.3 Å². The maximum Gasteiger partial charge on any atom is 0.280 e. The van der Waals surface area contributed by atoms with E-state index in [9.17, 15) is 19.8 Å². The molecule has 0 amide bonds. The number of hydrogen-bond acceptors (Lipinski definition) is 6. The third-order valence-electron chi connectivity index (χ3n) is 6.13.